The number of rotatable bonds is 6. The van der Waals surface area contributed by atoms with E-state index in [1.807, 2.05) is 44.3 Å². The second-order valence-electron chi connectivity index (χ2n) is 5.96. The van der Waals surface area contributed by atoms with Crippen LogP contribution in [-0.2, 0) is 0 Å². The minimum atomic E-state index is -0.0755. The summed E-state index contributed by atoms with van der Waals surface area (Å²) in [6, 6.07) is 7.62. The number of aromatic amines is 1. The molecule has 0 spiro atoms. The lowest BCUT2D eigenvalue weighted by atomic mass is 9.89. The van der Waals surface area contributed by atoms with Crippen LogP contribution < -0.4 is 5.32 Å². The molecule has 20 heavy (non-hydrogen) atoms. The maximum absolute atomic E-state index is 12.0. The molecule has 108 valence electrons. The molecule has 1 heterocycles. The standard InChI is InChI=1S/C16H22N2O2/c1-16(2,11-19)7-3-8-18-15(20)13-5-4-12-6-9-17-14(12)10-13/h4-6,9-10,17,19H,3,7-8,11H2,1-2H3,(H,18,20). The van der Waals surface area contributed by atoms with Crippen molar-refractivity contribution in [2.75, 3.05) is 13.2 Å². The van der Waals surface area contributed by atoms with Crippen LogP contribution in [0, 0.1) is 5.41 Å². The fourth-order valence-corrected chi connectivity index (χ4v) is 2.14. The van der Waals surface area contributed by atoms with Crippen LogP contribution in [0.1, 0.15) is 37.0 Å². The van der Waals surface area contributed by atoms with E-state index in [1.54, 1.807) is 0 Å². The van der Waals surface area contributed by atoms with Crippen LogP contribution in [0.4, 0.5) is 0 Å². The Morgan fingerprint density at radius 3 is 2.90 bits per heavy atom. The number of hydrogen-bond acceptors (Lipinski definition) is 2. The third-order valence-electron chi connectivity index (χ3n) is 3.56. The van der Waals surface area contributed by atoms with Gasteiger partial charge in [0.25, 0.3) is 5.91 Å². The summed E-state index contributed by atoms with van der Waals surface area (Å²) in [5, 5.41) is 13.2. The smallest absolute Gasteiger partial charge is 0.251 e. The van der Waals surface area contributed by atoms with Crippen molar-refractivity contribution in [3.05, 3.63) is 36.0 Å². The summed E-state index contributed by atoms with van der Waals surface area (Å²) in [7, 11) is 0. The lowest BCUT2D eigenvalue weighted by Crippen LogP contribution is -2.26. The fraction of sp³-hybridized carbons (Fsp3) is 0.438. The van der Waals surface area contributed by atoms with Crippen LogP contribution in [0.2, 0.25) is 0 Å². The third kappa shape index (κ3) is 3.61. The molecule has 0 aliphatic rings. The zero-order valence-electron chi connectivity index (χ0n) is 12.1. The van der Waals surface area contributed by atoms with Crippen LogP contribution in [0.5, 0.6) is 0 Å². The number of aromatic nitrogens is 1. The van der Waals surface area contributed by atoms with Gasteiger partial charge < -0.3 is 15.4 Å². The average Bonchev–Trinajstić information content (AvgIpc) is 2.90. The highest BCUT2D eigenvalue weighted by atomic mass is 16.3. The largest absolute Gasteiger partial charge is 0.396 e. The van der Waals surface area contributed by atoms with Gasteiger partial charge in [-0.2, -0.15) is 0 Å². The number of nitrogens with one attached hydrogen (secondary N) is 2. The van der Waals surface area contributed by atoms with Gasteiger partial charge in [-0.05, 0) is 41.8 Å². The van der Waals surface area contributed by atoms with E-state index in [1.165, 1.54) is 0 Å². The van der Waals surface area contributed by atoms with E-state index in [0.29, 0.717) is 12.1 Å². The number of fused-ring (bicyclic) bond motifs is 1. The van der Waals surface area contributed by atoms with Gasteiger partial charge in [0.15, 0.2) is 0 Å². The molecule has 0 bridgehead atoms. The molecule has 4 heteroatoms. The number of hydrogen-bond donors (Lipinski definition) is 3. The van der Waals surface area contributed by atoms with Gasteiger partial charge in [0.2, 0.25) is 0 Å². The van der Waals surface area contributed by atoms with E-state index in [2.05, 4.69) is 10.3 Å². The van der Waals surface area contributed by atoms with Crippen molar-refractivity contribution in [1.82, 2.24) is 10.3 Å². The zero-order chi connectivity index (χ0) is 14.6. The van der Waals surface area contributed by atoms with E-state index in [-0.39, 0.29) is 17.9 Å². The van der Waals surface area contributed by atoms with Crippen LogP contribution in [0.15, 0.2) is 30.5 Å². The number of carbonyl (C=O) groups is 1. The number of carbonyl (C=O) groups excluding carboxylic acids is 1. The number of aliphatic hydroxyl groups excluding tert-OH is 1. The number of aliphatic hydroxyl groups is 1. The van der Waals surface area contributed by atoms with Gasteiger partial charge in [-0.1, -0.05) is 19.9 Å². The maximum atomic E-state index is 12.0. The van der Waals surface area contributed by atoms with Crippen molar-refractivity contribution in [3.8, 4) is 0 Å². The van der Waals surface area contributed by atoms with Crippen molar-refractivity contribution in [3.63, 3.8) is 0 Å². The highest BCUT2D eigenvalue weighted by Crippen LogP contribution is 2.20. The van der Waals surface area contributed by atoms with Crippen molar-refractivity contribution >= 4 is 16.8 Å². The highest BCUT2D eigenvalue weighted by Gasteiger charge is 2.15. The molecule has 4 nitrogen and oxygen atoms in total. The molecule has 0 fully saturated rings. The predicted octanol–water partition coefficient (Wildman–Crippen LogP) is 2.70. The third-order valence-corrected chi connectivity index (χ3v) is 3.56. The Bertz CT molecular complexity index is 587. The van der Waals surface area contributed by atoms with Crippen molar-refractivity contribution in [2.45, 2.75) is 26.7 Å². The topological polar surface area (TPSA) is 65.1 Å². The van der Waals surface area contributed by atoms with E-state index >= 15 is 0 Å². The molecule has 2 rings (SSSR count). The summed E-state index contributed by atoms with van der Waals surface area (Å²) < 4.78 is 0. The molecule has 1 aromatic heterocycles. The molecule has 0 aliphatic heterocycles. The predicted molar refractivity (Wildman–Crippen MR) is 80.7 cm³/mol. The Hall–Kier alpha value is -1.81. The SMILES string of the molecule is CC(C)(CO)CCCNC(=O)c1ccc2cc[nH]c2c1. The summed E-state index contributed by atoms with van der Waals surface area (Å²) in [5.41, 5.74) is 1.56. The van der Waals surface area contributed by atoms with E-state index in [4.69, 9.17) is 5.11 Å². The van der Waals surface area contributed by atoms with Crippen molar-refractivity contribution < 1.29 is 9.90 Å². The van der Waals surface area contributed by atoms with Gasteiger partial charge in [0.05, 0.1) is 0 Å². The lowest BCUT2D eigenvalue weighted by molar-refractivity contribution is 0.0948. The first-order valence-corrected chi connectivity index (χ1v) is 6.98. The summed E-state index contributed by atoms with van der Waals surface area (Å²) in [5.74, 6) is -0.0525. The Morgan fingerprint density at radius 2 is 2.15 bits per heavy atom. The number of amides is 1. The monoisotopic (exact) mass is 274 g/mol. The zero-order valence-corrected chi connectivity index (χ0v) is 12.1. The minimum absolute atomic E-state index is 0.0525. The van der Waals surface area contributed by atoms with E-state index < -0.39 is 0 Å². The van der Waals surface area contributed by atoms with Gasteiger partial charge in [-0.3, -0.25) is 4.79 Å². The first kappa shape index (κ1) is 14.6. The first-order valence-electron chi connectivity index (χ1n) is 6.98. The fourth-order valence-electron chi connectivity index (χ4n) is 2.14. The molecular weight excluding hydrogens is 252 g/mol. The molecule has 0 unspecified atom stereocenters. The average molecular weight is 274 g/mol. The normalized spacial score (nSPS) is 11.8. The summed E-state index contributed by atoms with van der Waals surface area (Å²) >= 11 is 0. The molecule has 1 aromatic carbocycles. The summed E-state index contributed by atoms with van der Waals surface area (Å²) in [6.45, 7) is 4.84. The Morgan fingerprint density at radius 1 is 1.35 bits per heavy atom. The van der Waals surface area contributed by atoms with Gasteiger partial charge in [0.1, 0.15) is 0 Å². The molecule has 2 aromatic rings. The van der Waals surface area contributed by atoms with Gasteiger partial charge in [-0.25, -0.2) is 0 Å². The molecule has 0 aliphatic carbocycles. The molecule has 3 N–H and O–H groups in total. The lowest BCUT2D eigenvalue weighted by Gasteiger charge is -2.21. The second kappa shape index (κ2) is 6.09. The highest BCUT2D eigenvalue weighted by molar-refractivity contribution is 5.97. The van der Waals surface area contributed by atoms with E-state index in [0.717, 1.165) is 23.7 Å². The Balaban J connectivity index is 1.85. The second-order valence-corrected chi connectivity index (χ2v) is 5.96. The minimum Gasteiger partial charge on any atom is -0.396 e. The molecule has 0 radical (unpaired) electrons. The Kier molecular flexibility index (Phi) is 4.45. The molecular formula is C16H22N2O2. The summed E-state index contributed by atoms with van der Waals surface area (Å²) in [4.78, 5) is 15.1. The van der Waals surface area contributed by atoms with Crippen molar-refractivity contribution in [1.29, 1.82) is 0 Å². The van der Waals surface area contributed by atoms with Crippen LogP contribution in [0.25, 0.3) is 10.9 Å². The van der Waals surface area contributed by atoms with E-state index in [9.17, 15) is 4.79 Å². The summed E-state index contributed by atoms with van der Waals surface area (Å²) in [6.07, 6.45) is 3.62. The Labute approximate surface area is 119 Å². The van der Waals surface area contributed by atoms with Gasteiger partial charge in [-0.15, -0.1) is 0 Å². The molecule has 0 saturated carbocycles. The first-order chi connectivity index (χ1) is 9.52. The van der Waals surface area contributed by atoms with Crippen LogP contribution in [-0.4, -0.2) is 29.1 Å². The van der Waals surface area contributed by atoms with Gasteiger partial charge in [0, 0.05) is 30.4 Å². The molecule has 0 atom stereocenters. The number of H-pyrrole nitrogens is 1. The van der Waals surface area contributed by atoms with Crippen molar-refractivity contribution in [2.24, 2.45) is 5.41 Å². The maximum Gasteiger partial charge on any atom is 0.251 e. The molecule has 0 saturated heterocycles. The quantitative estimate of drug-likeness (QED) is 0.709. The number of benzene rings is 1. The van der Waals surface area contributed by atoms with Crippen LogP contribution >= 0.6 is 0 Å². The molecule has 1 amide bonds. The van der Waals surface area contributed by atoms with Crippen LogP contribution in [0.3, 0.4) is 0 Å². The van der Waals surface area contributed by atoms with Gasteiger partial charge >= 0.3 is 0 Å².